The minimum absolute atomic E-state index is 0.00154. The van der Waals surface area contributed by atoms with Gasteiger partial charge in [-0.05, 0) is 0 Å². The molecule has 8 heteroatoms. The van der Waals surface area contributed by atoms with Crippen molar-refractivity contribution in [2.45, 2.75) is 18.8 Å². The molecule has 1 N–H and O–H groups in total. The van der Waals surface area contributed by atoms with Crippen LogP contribution in [-0.2, 0) is 12.5 Å². The molecule has 0 aromatic carbocycles. The molecule has 0 aliphatic rings. The van der Waals surface area contributed by atoms with Crippen LogP contribution in [0.5, 0.6) is 11.6 Å². The van der Waals surface area contributed by atoms with E-state index in [1.54, 1.807) is 0 Å². The Morgan fingerprint density at radius 3 is 2.47 bits per heavy atom. The Hall–Kier alpha value is -1.21. The Morgan fingerprint density at radius 1 is 1.41 bits per heavy atom. The molecule has 1 aromatic heterocycles. The number of methoxy groups -OCH3 is 1. The van der Waals surface area contributed by atoms with Gasteiger partial charge in [0.1, 0.15) is 0 Å². The molecule has 1 heterocycles. The highest BCUT2D eigenvalue weighted by atomic mass is 35.5. The van der Waals surface area contributed by atoms with Crippen molar-refractivity contribution >= 4 is 11.6 Å². The van der Waals surface area contributed by atoms with Crippen molar-refractivity contribution in [2.75, 3.05) is 7.11 Å². The summed E-state index contributed by atoms with van der Waals surface area (Å²) >= 11 is 5.53. The fourth-order valence-corrected chi connectivity index (χ4v) is 1.54. The van der Waals surface area contributed by atoms with Gasteiger partial charge in [-0.1, -0.05) is 0 Å². The Morgan fingerprint density at radius 2 is 2.06 bits per heavy atom. The average Bonchev–Trinajstić information content (AvgIpc) is 2.26. The summed E-state index contributed by atoms with van der Waals surface area (Å²) in [6.45, 7) is -0.548. The van der Waals surface area contributed by atoms with Crippen LogP contribution >= 0.6 is 11.6 Å². The van der Waals surface area contributed by atoms with E-state index in [1.165, 1.54) is 7.11 Å². The van der Waals surface area contributed by atoms with Crippen LogP contribution in [-0.4, -0.2) is 23.6 Å². The molecule has 0 amide bonds. The maximum Gasteiger partial charge on any atom is 0.573 e. The first-order chi connectivity index (χ1) is 7.92. The lowest BCUT2D eigenvalue weighted by Gasteiger charge is -2.15. The van der Waals surface area contributed by atoms with Gasteiger partial charge in [0.2, 0.25) is 5.88 Å². The van der Waals surface area contributed by atoms with Crippen LogP contribution in [0.2, 0.25) is 0 Å². The molecule has 0 saturated carbocycles. The van der Waals surface area contributed by atoms with Gasteiger partial charge in [0.05, 0.1) is 25.8 Å². The Balaban J connectivity index is 3.23. The lowest BCUT2D eigenvalue weighted by molar-refractivity contribution is -0.275. The zero-order valence-corrected chi connectivity index (χ0v) is 9.47. The molecule has 17 heavy (non-hydrogen) atoms. The smallest absolute Gasteiger partial charge is 0.481 e. The number of alkyl halides is 4. The first kappa shape index (κ1) is 13.9. The molecular formula is C9H9ClF3NO3. The Kier molecular flexibility index (Phi) is 4.41. The van der Waals surface area contributed by atoms with Gasteiger partial charge in [0.25, 0.3) is 0 Å². The van der Waals surface area contributed by atoms with E-state index < -0.39 is 18.7 Å². The quantitative estimate of drug-likeness (QED) is 0.853. The number of ether oxygens (including phenoxy) is 2. The largest absolute Gasteiger partial charge is 0.573 e. The van der Waals surface area contributed by atoms with E-state index in [4.69, 9.17) is 21.4 Å². The zero-order chi connectivity index (χ0) is 13.1. The number of halogens is 4. The van der Waals surface area contributed by atoms with Crippen LogP contribution in [0.3, 0.4) is 0 Å². The van der Waals surface area contributed by atoms with Gasteiger partial charge in [-0.15, -0.1) is 24.8 Å². The van der Waals surface area contributed by atoms with Gasteiger partial charge in [0, 0.05) is 11.1 Å². The van der Waals surface area contributed by atoms with E-state index in [2.05, 4.69) is 9.72 Å². The first-order valence-corrected chi connectivity index (χ1v) is 4.93. The molecule has 4 nitrogen and oxygen atoms in total. The summed E-state index contributed by atoms with van der Waals surface area (Å²) in [6, 6.07) is 0. The standard InChI is InChI=1S/C9H9ClF3NO3/c1-16-8-6(4-15)5(2-10)7(3-14-8)17-9(11,12)13/h3,15H,2,4H2,1H3. The summed E-state index contributed by atoms with van der Waals surface area (Å²) in [5.41, 5.74) is 0.0718. The van der Waals surface area contributed by atoms with Crippen molar-refractivity contribution in [1.82, 2.24) is 4.98 Å². The molecule has 1 aromatic rings. The Bertz CT molecular complexity index is 398. The molecule has 0 saturated heterocycles. The molecule has 0 radical (unpaired) electrons. The number of rotatable bonds is 4. The monoisotopic (exact) mass is 271 g/mol. The summed E-state index contributed by atoms with van der Waals surface area (Å²) in [5.74, 6) is -0.796. The molecule has 0 aliphatic heterocycles. The van der Waals surface area contributed by atoms with Gasteiger partial charge in [0.15, 0.2) is 5.75 Å². The topological polar surface area (TPSA) is 51.6 Å². The predicted octanol–water partition coefficient (Wildman–Crippen LogP) is 2.22. The van der Waals surface area contributed by atoms with E-state index >= 15 is 0 Å². The minimum atomic E-state index is -4.84. The normalized spacial score (nSPS) is 11.4. The summed E-state index contributed by atoms with van der Waals surface area (Å²) in [7, 11) is 1.28. The number of hydrogen-bond donors (Lipinski definition) is 1. The fourth-order valence-electron chi connectivity index (χ4n) is 1.25. The van der Waals surface area contributed by atoms with Crippen LogP contribution in [0.1, 0.15) is 11.1 Å². The molecule has 0 spiro atoms. The SMILES string of the molecule is COc1ncc(OC(F)(F)F)c(CCl)c1CO. The van der Waals surface area contributed by atoms with Crippen LogP contribution < -0.4 is 9.47 Å². The Labute approximate surface area is 99.9 Å². The van der Waals surface area contributed by atoms with Crippen molar-refractivity contribution in [1.29, 1.82) is 0 Å². The highest BCUT2D eigenvalue weighted by Crippen LogP contribution is 2.33. The third-order valence-corrected chi connectivity index (χ3v) is 2.20. The summed E-state index contributed by atoms with van der Waals surface area (Å²) in [5, 5.41) is 9.07. The van der Waals surface area contributed by atoms with Crippen LogP contribution in [0.15, 0.2) is 6.20 Å². The second-order valence-electron chi connectivity index (χ2n) is 2.93. The van der Waals surface area contributed by atoms with Crippen molar-refractivity contribution in [3.63, 3.8) is 0 Å². The molecule has 0 aliphatic carbocycles. The van der Waals surface area contributed by atoms with Crippen LogP contribution in [0, 0.1) is 0 Å². The molecule has 96 valence electrons. The second-order valence-corrected chi connectivity index (χ2v) is 3.20. The van der Waals surface area contributed by atoms with Gasteiger partial charge in [-0.2, -0.15) is 0 Å². The molecule has 0 unspecified atom stereocenters. The molecular weight excluding hydrogens is 263 g/mol. The van der Waals surface area contributed by atoms with E-state index in [0.717, 1.165) is 6.20 Å². The number of hydrogen-bond acceptors (Lipinski definition) is 4. The average molecular weight is 272 g/mol. The van der Waals surface area contributed by atoms with E-state index in [-0.39, 0.29) is 22.9 Å². The number of pyridine rings is 1. The summed E-state index contributed by atoms with van der Waals surface area (Å²) in [4.78, 5) is 3.59. The third kappa shape index (κ3) is 3.37. The first-order valence-electron chi connectivity index (χ1n) is 4.40. The molecule has 0 bridgehead atoms. The van der Waals surface area contributed by atoms with Gasteiger partial charge in [-0.25, -0.2) is 4.98 Å². The van der Waals surface area contributed by atoms with Gasteiger partial charge < -0.3 is 14.6 Å². The lowest BCUT2D eigenvalue weighted by atomic mass is 10.1. The van der Waals surface area contributed by atoms with Crippen molar-refractivity contribution in [3.05, 3.63) is 17.3 Å². The van der Waals surface area contributed by atoms with E-state index in [9.17, 15) is 13.2 Å². The van der Waals surface area contributed by atoms with Crippen molar-refractivity contribution < 1.29 is 27.8 Å². The molecule has 1 rings (SSSR count). The van der Waals surface area contributed by atoms with Crippen molar-refractivity contribution in [3.8, 4) is 11.6 Å². The predicted molar refractivity (Wildman–Crippen MR) is 53.0 cm³/mol. The van der Waals surface area contributed by atoms with Crippen LogP contribution in [0.25, 0.3) is 0 Å². The highest BCUT2D eigenvalue weighted by molar-refractivity contribution is 6.17. The number of aliphatic hydroxyl groups is 1. The maximum absolute atomic E-state index is 12.1. The van der Waals surface area contributed by atoms with Crippen molar-refractivity contribution in [2.24, 2.45) is 0 Å². The highest BCUT2D eigenvalue weighted by Gasteiger charge is 2.33. The number of aromatic nitrogens is 1. The van der Waals surface area contributed by atoms with E-state index in [1.807, 2.05) is 0 Å². The maximum atomic E-state index is 12.1. The summed E-state index contributed by atoms with van der Waals surface area (Å²) in [6.07, 6.45) is -3.99. The van der Waals surface area contributed by atoms with Gasteiger partial charge >= 0.3 is 6.36 Å². The fraction of sp³-hybridized carbons (Fsp3) is 0.444. The minimum Gasteiger partial charge on any atom is -0.481 e. The molecule has 0 atom stereocenters. The second kappa shape index (κ2) is 5.42. The van der Waals surface area contributed by atoms with Gasteiger partial charge in [-0.3, -0.25) is 0 Å². The number of nitrogens with zero attached hydrogens (tertiary/aromatic N) is 1. The number of aliphatic hydroxyl groups excluding tert-OH is 1. The third-order valence-electron chi connectivity index (χ3n) is 1.93. The zero-order valence-electron chi connectivity index (χ0n) is 8.71. The van der Waals surface area contributed by atoms with E-state index in [0.29, 0.717) is 0 Å². The van der Waals surface area contributed by atoms with Crippen LogP contribution in [0.4, 0.5) is 13.2 Å². The summed E-state index contributed by atoms with van der Waals surface area (Å²) < 4.78 is 44.8. The molecule has 0 fully saturated rings. The lowest BCUT2D eigenvalue weighted by Crippen LogP contribution is -2.19.